The van der Waals surface area contributed by atoms with Crippen molar-refractivity contribution in [2.24, 2.45) is 5.92 Å². The van der Waals surface area contributed by atoms with E-state index in [4.69, 9.17) is 23.2 Å². The van der Waals surface area contributed by atoms with Crippen LogP contribution in [-0.2, 0) is 6.54 Å². The smallest absolute Gasteiger partial charge is 0.0465 e. The Morgan fingerprint density at radius 3 is 2.68 bits per heavy atom. The average molecular weight is 301 g/mol. The molecule has 1 fully saturated rings. The molecule has 1 aromatic rings. The molecular formula is C15H22Cl2N2. The zero-order valence-corrected chi connectivity index (χ0v) is 13.1. The van der Waals surface area contributed by atoms with Crippen LogP contribution in [0.5, 0.6) is 0 Å². The molecule has 0 saturated carbocycles. The molecule has 2 unspecified atom stereocenters. The third kappa shape index (κ3) is 3.63. The summed E-state index contributed by atoms with van der Waals surface area (Å²) in [5.41, 5.74) is 1.06. The lowest BCUT2D eigenvalue weighted by molar-refractivity contribution is 0.109. The van der Waals surface area contributed by atoms with Gasteiger partial charge >= 0.3 is 0 Å². The average Bonchev–Trinajstić information content (AvgIpc) is 2.42. The van der Waals surface area contributed by atoms with E-state index in [-0.39, 0.29) is 0 Å². The summed E-state index contributed by atoms with van der Waals surface area (Å²) in [5.74, 6) is 0.675. The Bertz CT molecular complexity index is 402. The van der Waals surface area contributed by atoms with E-state index in [9.17, 15) is 0 Å². The van der Waals surface area contributed by atoms with Gasteiger partial charge in [-0.1, -0.05) is 49.5 Å². The lowest BCUT2D eigenvalue weighted by Gasteiger charge is -2.39. The minimum absolute atomic E-state index is 0.561. The molecule has 0 bridgehead atoms. The summed E-state index contributed by atoms with van der Waals surface area (Å²) in [4.78, 5) is 2.51. The largest absolute Gasteiger partial charge is 0.314 e. The molecule has 106 valence electrons. The van der Waals surface area contributed by atoms with E-state index in [0.29, 0.717) is 12.0 Å². The van der Waals surface area contributed by atoms with Gasteiger partial charge in [0.15, 0.2) is 0 Å². The number of halogens is 2. The number of hydrogen-bond donors (Lipinski definition) is 1. The fourth-order valence-electron chi connectivity index (χ4n) is 2.68. The molecule has 0 amide bonds. The molecule has 0 radical (unpaired) electrons. The Morgan fingerprint density at radius 1 is 1.37 bits per heavy atom. The molecule has 1 saturated heterocycles. The standard InChI is InChI=1S/C15H22Cl2N2/c1-3-11(2)15-9-18-7-8-19(15)10-12-13(16)5-4-6-14(12)17/h4-6,11,15,18H,3,7-10H2,1-2H3. The highest BCUT2D eigenvalue weighted by Gasteiger charge is 2.27. The maximum absolute atomic E-state index is 6.28. The second kappa shape index (κ2) is 6.94. The summed E-state index contributed by atoms with van der Waals surface area (Å²) < 4.78 is 0. The molecular weight excluding hydrogens is 279 g/mol. The van der Waals surface area contributed by atoms with Crippen LogP contribution in [0, 0.1) is 5.92 Å². The number of piperazine rings is 1. The Morgan fingerprint density at radius 2 is 2.05 bits per heavy atom. The normalized spacial score (nSPS) is 22.4. The molecule has 0 spiro atoms. The van der Waals surface area contributed by atoms with E-state index in [0.717, 1.165) is 41.8 Å². The van der Waals surface area contributed by atoms with Crippen molar-refractivity contribution in [2.75, 3.05) is 19.6 Å². The summed E-state index contributed by atoms with van der Waals surface area (Å²) in [6, 6.07) is 6.30. The Labute approximate surface area is 126 Å². The van der Waals surface area contributed by atoms with Crippen LogP contribution in [0.4, 0.5) is 0 Å². The van der Waals surface area contributed by atoms with Crippen molar-refractivity contribution < 1.29 is 0 Å². The quantitative estimate of drug-likeness (QED) is 0.909. The van der Waals surface area contributed by atoms with Crippen LogP contribution in [0.25, 0.3) is 0 Å². The highest BCUT2D eigenvalue weighted by atomic mass is 35.5. The van der Waals surface area contributed by atoms with Gasteiger partial charge in [-0.15, -0.1) is 0 Å². The molecule has 1 N–H and O–H groups in total. The topological polar surface area (TPSA) is 15.3 Å². The predicted molar refractivity (Wildman–Crippen MR) is 83.0 cm³/mol. The lowest BCUT2D eigenvalue weighted by atomic mass is 9.95. The second-order valence-corrected chi connectivity index (χ2v) is 6.14. The van der Waals surface area contributed by atoms with Gasteiger partial charge < -0.3 is 5.32 Å². The molecule has 2 nitrogen and oxygen atoms in total. The molecule has 19 heavy (non-hydrogen) atoms. The molecule has 1 aromatic carbocycles. The van der Waals surface area contributed by atoms with Gasteiger partial charge in [0.05, 0.1) is 0 Å². The van der Waals surface area contributed by atoms with Gasteiger partial charge in [0.1, 0.15) is 0 Å². The molecule has 1 heterocycles. The van der Waals surface area contributed by atoms with Crippen LogP contribution in [0.2, 0.25) is 10.0 Å². The SMILES string of the molecule is CCC(C)C1CNCCN1Cc1c(Cl)cccc1Cl. The number of hydrogen-bond acceptors (Lipinski definition) is 2. The summed E-state index contributed by atoms with van der Waals surface area (Å²) in [6.45, 7) is 8.55. The van der Waals surface area contributed by atoms with Gasteiger partial charge in [-0.2, -0.15) is 0 Å². The molecule has 0 aliphatic carbocycles. The number of benzene rings is 1. The minimum atomic E-state index is 0.561. The van der Waals surface area contributed by atoms with Crippen LogP contribution < -0.4 is 5.32 Å². The third-order valence-corrected chi connectivity index (χ3v) is 4.83. The second-order valence-electron chi connectivity index (χ2n) is 5.33. The van der Waals surface area contributed by atoms with E-state index in [1.165, 1.54) is 6.42 Å². The summed E-state index contributed by atoms with van der Waals surface area (Å²) >= 11 is 12.6. The zero-order valence-electron chi connectivity index (χ0n) is 11.6. The van der Waals surface area contributed by atoms with E-state index in [2.05, 4.69) is 24.1 Å². The maximum atomic E-state index is 6.28. The van der Waals surface area contributed by atoms with Crippen molar-refractivity contribution in [3.8, 4) is 0 Å². The summed E-state index contributed by atoms with van der Waals surface area (Å²) in [6.07, 6.45) is 1.19. The van der Waals surface area contributed by atoms with Crippen LogP contribution >= 0.6 is 23.2 Å². The van der Waals surface area contributed by atoms with Gasteiger partial charge in [0, 0.05) is 47.8 Å². The van der Waals surface area contributed by atoms with Gasteiger partial charge in [0.2, 0.25) is 0 Å². The van der Waals surface area contributed by atoms with Gasteiger partial charge in [-0.25, -0.2) is 0 Å². The molecule has 1 aliphatic heterocycles. The Balaban J connectivity index is 2.15. The fraction of sp³-hybridized carbons (Fsp3) is 0.600. The first-order chi connectivity index (χ1) is 9.13. The maximum Gasteiger partial charge on any atom is 0.0465 e. The van der Waals surface area contributed by atoms with E-state index in [1.807, 2.05) is 18.2 Å². The summed E-state index contributed by atoms with van der Waals surface area (Å²) in [5, 5.41) is 5.03. The highest BCUT2D eigenvalue weighted by Crippen LogP contribution is 2.28. The van der Waals surface area contributed by atoms with Crippen LogP contribution in [0.1, 0.15) is 25.8 Å². The summed E-state index contributed by atoms with van der Waals surface area (Å²) in [7, 11) is 0. The Hall–Kier alpha value is -0.280. The van der Waals surface area contributed by atoms with Crippen molar-refractivity contribution >= 4 is 23.2 Å². The number of rotatable bonds is 4. The zero-order chi connectivity index (χ0) is 13.8. The van der Waals surface area contributed by atoms with Crippen LogP contribution in [0.15, 0.2) is 18.2 Å². The van der Waals surface area contributed by atoms with E-state index in [1.54, 1.807) is 0 Å². The molecule has 4 heteroatoms. The van der Waals surface area contributed by atoms with Gasteiger partial charge in [-0.05, 0) is 18.1 Å². The minimum Gasteiger partial charge on any atom is -0.314 e. The van der Waals surface area contributed by atoms with Crippen molar-refractivity contribution in [1.82, 2.24) is 10.2 Å². The first-order valence-electron chi connectivity index (χ1n) is 7.01. The van der Waals surface area contributed by atoms with Crippen molar-refractivity contribution in [3.63, 3.8) is 0 Å². The Kier molecular flexibility index (Phi) is 5.52. The van der Waals surface area contributed by atoms with Crippen LogP contribution in [0.3, 0.4) is 0 Å². The third-order valence-electron chi connectivity index (χ3n) is 4.12. The molecule has 2 rings (SSSR count). The molecule has 0 aromatic heterocycles. The first-order valence-corrected chi connectivity index (χ1v) is 7.76. The van der Waals surface area contributed by atoms with Crippen molar-refractivity contribution in [2.45, 2.75) is 32.9 Å². The molecule has 1 aliphatic rings. The molecule has 2 atom stereocenters. The van der Waals surface area contributed by atoms with Crippen molar-refractivity contribution in [1.29, 1.82) is 0 Å². The van der Waals surface area contributed by atoms with Crippen LogP contribution in [-0.4, -0.2) is 30.6 Å². The van der Waals surface area contributed by atoms with E-state index < -0.39 is 0 Å². The first kappa shape index (κ1) is 15.1. The van der Waals surface area contributed by atoms with Crippen molar-refractivity contribution in [3.05, 3.63) is 33.8 Å². The highest BCUT2D eigenvalue weighted by molar-refractivity contribution is 6.35. The number of nitrogens with zero attached hydrogens (tertiary/aromatic N) is 1. The predicted octanol–water partition coefficient (Wildman–Crippen LogP) is 3.81. The van der Waals surface area contributed by atoms with E-state index >= 15 is 0 Å². The monoisotopic (exact) mass is 300 g/mol. The number of nitrogens with one attached hydrogen (secondary N) is 1. The lowest BCUT2D eigenvalue weighted by Crippen LogP contribution is -2.53. The van der Waals surface area contributed by atoms with Gasteiger partial charge in [0.25, 0.3) is 0 Å². The fourth-order valence-corrected chi connectivity index (χ4v) is 3.20. The van der Waals surface area contributed by atoms with Gasteiger partial charge in [-0.3, -0.25) is 4.90 Å².